The Bertz CT molecular complexity index is 759. The summed E-state index contributed by atoms with van der Waals surface area (Å²) in [6.45, 7) is 0.0641. The number of nitrogens with zero attached hydrogens (tertiary/aromatic N) is 1. The SMILES string of the molecule is CS(=O)(=O)CCNC(=O)c1cnc(Cl)c2ccccc12. The highest BCUT2D eigenvalue weighted by Crippen LogP contribution is 2.23. The van der Waals surface area contributed by atoms with Gasteiger partial charge in [-0.05, 0) is 5.39 Å². The average molecular weight is 313 g/mol. The van der Waals surface area contributed by atoms with E-state index in [1.165, 1.54) is 6.20 Å². The molecule has 1 N–H and O–H groups in total. The van der Waals surface area contributed by atoms with E-state index in [2.05, 4.69) is 10.3 Å². The molecule has 0 fully saturated rings. The van der Waals surface area contributed by atoms with E-state index in [0.717, 1.165) is 6.26 Å². The fourth-order valence-corrected chi connectivity index (χ4v) is 2.47. The largest absolute Gasteiger partial charge is 0.351 e. The number of hydrogen-bond acceptors (Lipinski definition) is 4. The molecule has 20 heavy (non-hydrogen) atoms. The fraction of sp³-hybridized carbons (Fsp3) is 0.231. The van der Waals surface area contributed by atoms with Gasteiger partial charge in [-0.25, -0.2) is 13.4 Å². The summed E-state index contributed by atoms with van der Waals surface area (Å²) >= 11 is 5.98. The fourth-order valence-electron chi connectivity index (χ4n) is 1.78. The van der Waals surface area contributed by atoms with Crippen molar-refractivity contribution in [3.8, 4) is 0 Å². The molecule has 0 saturated heterocycles. The quantitative estimate of drug-likeness (QED) is 0.871. The van der Waals surface area contributed by atoms with E-state index in [0.29, 0.717) is 21.5 Å². The average Bonchev–Trinajstić information content (AvgIpc) is 2.38. The molecule has 7 heteroatoms. The van der Waals surface area contributed by atoms with Crippen LogP contribution in [-0.2, 0) is 9.84 Å². The van der Waals surface area contributed by atoms with Crippen LogP contribution in [-0.4, -0.2) is 37.9 Å². The smallest absolute Gasteiger partial charge is 0.253 e. The molecule has 2 rings (SSSR count). The molecule has 1 aromatic carbocycles. The van der Waals surface area contributed by atoms with Crippen molar-refractivity contribution < 1.29 is 13.2 Å². The topological polar surface area (TPSA) is 76.1 Å². The van der Waals surface area contributed by atoms with Crippen LogP contribution in [0.25, 0.3) is 10.8 Å². The number of rotatable bonds is 4. The summed E-state index contributed by atoms with van der Waals surface area (Å²) < 4.78 is 22.1. The van der Waals surface area contributed by atoms with Crippen LogP contribution in [0.5, 0.6) is 0 Å². The molecule has 0 saturated carbocycles. The third-order valence-corrected chi connectivity index (χ3v) is 4.00. The zero-order valence-electron chi connectivity index (χ0n) is 10.8. The Morgan fingerprint density at radius 1 is 1.30 bits per heavy atom. The number of sulfone groups is 1. The van der Waals surface area contributed by atoms with Gasteiger partial charge in [-0.1, -0.05) is 35.9 Å². The van der Waals surface area contributed by atoms with Crippen LogP contribution in [0.1, 0.15) is 10.4 Å². The zero-order valence-corrected chi connectivity index (χ0v) is 12.3. The van der Waals surface area contributed by atoms with Gasteiger partial charge in [-0.15, -0.1) is 0 Å². The van der Waals surface area contributed by atoms with Crippen molar-refractivity contribution in [3.63, 3.8) is 0 Å². The number of hydrogen-bond donors (Lipinski definition) is 1. The van der Waals surface area contributed by atoms with E-state index in [1.54, 1.807) is 24.3 Å². The molecule has 1 amide bonds. The van der Waals surface area contributed by atoms with Gasteiger partial charge in [-0.2, -0.15) is 0 Å². The number of fused-ring (bicyclic) bond motifs is 1. The molecule has 1 heterocycles. The number of benzene rings is 1. The van der Waals surface area contributed by atoms with Crippen molar-refractivity contribution in [3.05, 3.63) is 41.2 Å². The molecule has 0 aliphatic carbocycles. The lowest BCUT2D eigenvalue weighted by Crippen LogP contribution is -2.29. The molecule has 0 bridgehead atoms. The van der Waals surface area contributed by atoms with E-state index >= 15 is 0 Å². The third-order valence-electron chi connectivity index (χ3n) is 2.75. The van der Waals surface area contributed by atoms with Crippen molar-refractivity contribution in [1.29, 1.82) is 0 Å². The van der Waals surface area contributed by atoms with Gasteiger partial charge in [0.2, 0.25) is 0 Å². The molecule has 1 aromatic heterocycles. The predicted octanol–water partition coefficient (Wildman–Crippen LogP) is 1.66. The first kappa shape index (κ1) is 14.7. The minimum Gasteiger partial charge on any atom is -0.351 e. The number of carbonyl (C=O) groups excluding carboxylic acids is 1. The summed E-state index contributed by atoms with van der Waals surface area (Å²) in [6.07, 6.45) is 2.51. The highest BCUT2D eigenvalue weighted by atomic mass is 35.5. The van der Waals surface area contributed by atoms with Crippen LogP contribution in [0.2, 0.25) is 5.15 Å². The first-order valence-electron chi connectivity index (χ1n) is 5.87. The molecular weight excluding hydrogens is 300 g/mol. The highest BCUT2D eigenvalue weighted by Gasteiger charge is 2.13. The second-order valence-corrected chi connectivity index (χ2v) is 7.01. The van der Waals surface area contributed by atoms with Crippen molar-refractivity contribution >= 4 is 38.1 Å². The maximum atomic E-state index is 12.1. The Hall–Kier alpha value is -1.66. The van der Waals surface area contributed by atoms with Crippen LogP contribution >= 0.6 is 11.6 Å². The van der Waals surface area contributed by atoms with Crippen molar-refractivity contribution in [2.45, 2.75) is 0 Å². The van der Waals surface area contributed by atoms with Crippen LogP contribution in [0, 0.1) is 0 Å². The monoisotopic (exact) mass is 312 g/mol. The number of amides is 1. The lowest BCUT2D eigenvalue weighted by Gasteiger charge is -2.08. The Kier molecular flexibility index (Phi) is 4.25. The summed E-state index contributed by atoms with van der Waals surface area (Å²) in [5.74, 6) is -0.466. The molecule has 0 atom stereocenters. The number of pyridine rings is 1. The van der Waals surface area contributed by atoms with E-state index in [-0.39, 0.29) is 18.2 Å². The Balaban J connectivity index is 2.25. The molecule has 0 spiro atoms. The molecule has 0 aliphatic heterocycles. The molecule has 0 aliphatic rings. The van der Waals surface area contributed by atoms with Crippen molar-refractivity contribution in [2.24, 2.45) is 0 Å². The van der Waals surface area contributed by atoms with E-state index in [9.17, 15) is 13.2 Å². The van der Waals surface area contributed by atoms with Crippen molar-refractivity contribution in [2.75, 3.05) is 18.6 Å². The van der Waals surface area contributed by atoms with Gasteiger partial charge in [0.1, 0.15) is 15.0 Å². The van der Waals surface area contributed by atoms with Gasteiger partial charge in [0.05, 0.1) is 11.3 Å². The minimum atomic E-state index is -3.10. The normalized spacial score (nSPS) is 11.5. The molecule has 0 unspecified atom stereocenters. The number of aromatic nitrogens is 1. The lowest BCUT2D eigenvalue weighted by molar-refractivity contribution is 0.0957. The molecule has 0 radical (unpaired) electrons. The van der Waals surface area contributed by atoms with E-state index < -0.39 is 9.84 Å². The van der Waals surface area contributed by atoms with Gasteiger partial charge in [0.15, 0.2) is 0 Å². The molecule has 2 aromatic rings. The first-order chi connectivity index (χ1) is 9.38. The zero-order chi connectivity index (χ0) is 14.8. The van der Waals surface area contributed by atoms with Gasteiger partial charge < -0.3 is 5.32 Å². The van der Waals surface area contributed by atoms with E-state index in [1.807, 2.05) is 0 Å². The third kappa shape index (κ3) is 3.46. The van der Waals surface area contributed by atoms with Gasteiger partial charge in [-0.3, -0.25) is 4.79 Å². The van der Waals surface area contributed by atoms with Gasteiger partial charge in [0.25, 0.3) is 5.91 Å². The lowest BCUT2D eigenvalue weighted by atomic mass is 10.1. The van der Waals surface area contributed by atoms with Crippen LogP contribution in [0.4, 0.5) is 0 Å². The van der Waals surface area contributed by atoms with Gasteiger partial charge >= 0.3 is 0 Å². The molecule has 106 valence electrons. The van der Waals surface area contributed by atoms with E-state index in [4.69, 9.17) is 11.6 Å². The summed E-state index contributed by atoms with van der Waals surface area (Å²) in [5.41, 5.74) is 0.374. The second-order valence-electron chi connectivity index (χ2n) is 4.39. The number of halogens is 1. The minimum absolute atomic E-state index is 0.0641. The Labute approximate surface area is 121 Å². The highest BCUT2D eigenvalue weighted by molar-refractivity contribution is 7.90. The molecule has 5 nitrogen and oxygen atoms in total. The van der Waals surface area contributed by atoms with Gasteiger partial charge in [0, 0.05) is 24.4 Å². The first-order valence-corrected chi connectivity index (χ1v) is 8.31. The van der Waals surface area contributed by atoms with Crippen LogP contribution in [0.15, 0.2) is 30.5 Å². The summed E-state index contributed by atoms with van der Waals surface area (Å²) in [7, 11) is -3.10. The summed E-state index contributed by atoms with van der Waals surface area (Å²) in [6, 6.07) is 7.15. The van der Waals surface area contributed by atoms with Crippen molar-refractivity contribution in [1.82, 2.24) is 10.3 Å². The maximum Gasteiger partial charge on any atom is 0.253 e. The Morgan fingerprint density at radius 3 is 2.60 bits per heavy atom. The number of nitrogens with one attached hydrogen (secondary N) is 1. The summed E-state index contributed by atoms with van der Waals surface area (Å²) in [4.78, 5) is 16.0. The maximum absolute atomic E-state index is 12.1. The van der Waals surface area contributed by atoms with Crippen LogP contribution < -0.4 is 5.32 Å². The predicted molar refractivity (Wildman–Crippen MR) is 78.8 cm³/mol. The summed E-state index contributed by atoms with van der Waals surface area (Å²) in [5, 5.41) is 4.26. The standard InChI is InChI=1S/C13H13ClN2O3S/c1-20(18,19)7-6-15-13(17)11-8-16-12(14)10-5-3-2-4-9(10)11/h2-5,8H,6-7H2,1H3,(H,15,17). The Morgan fingerprint density at radius 2 is 1.95 bits per heavy atom. The molecular formula is C13H13ClN2O3S. The second kappa shape index (κ2) is 5.76. The van der Waals surface area contributed by atoms with Crippen LogP contribution in [0.3, 0.4) is 0 Å². The number of carbonyl (C=O) groups is 1.